The molecule has 0 atom stereocenters. The molecule has 3 nitrogen and oxygen atoms in total. The lowest BCUT2D eigenvalue weighted by atomic mass is 10.1. The topological polar surface area (TPSA) is 42.9 Å². The predicted molar refractivity (Wildman–Crippen MR) is 56.6 cm³/mol. The third-order valence-electron chi connectivity index (χ3n) is 2.12. The van der Waals surface area contributed by atoms with Gasteiger partial charge in [-0.15, -0.1) is 0 Å². The van der Waals surface area contributed by atoms with E-state index in [1.807, 2.05) is 0 Å². The molecule has 0 aliphatic rings. The minimum Gasteiger partial charge on any atom is -0.296 e. The lowest BCUT2D eigenvalue weighted by Crippen LogP contribution is -1.99. The van der Waals surface area contributed by atoms with E-state index < -0.39 is 0 Å². The molecule has 4 heteroatoms. The second-order valence-corrected chi connectivity index (χ2v) is 3.32. The molecule has 0 saturated heterocycles. The molecule has 16 heavy (non-hydrogen) atoms. The zero-order valence-electron chi connectivity index (χ0n) is 8.43. The Morgan fingerprint density at radius 3 is 2.62 bits per heavy atom. The summed E-state index contributed by atoms with van der Waals surface area (Å²) in [5.74, 6) is 0.280. The highest BCUT2D eigenvalue weighted by molar-refractivity contribution is 5.71. The second-order valence-electron chi connectivity index (χ2n) is 3.32. The van der Waals surface area contributed by atoms with Gasteiger partial charge in [-0.3, -0.25) is 4.79 Å². The molecule has 0 fully saturated rings. The van der Waals surface area contributed by atoms with E-state index in [0.29, 0.717) is 24.2 Å². The number of carbonyl (C=O) groups is 1. The summed E-state index contributed by atoms with van der Waals surface area (Å²) in [5, 5.41) is 0. The largest absolute Gasteiger partial charge is 0.296 e. The summed E-state index contributed by atoms with van der Waals surface area (Å²) in [7, 11) is 0. The summed E-state index contributed by atoms with van der Waals surface area (Å²) in [5.41, 5.74) is 1.26. The summed E-state index contributed by atoms with van der Waals surface area (Å²) in [6, 6.07) is 7.66. The number of benzene rings is 1. The number of nitrogens with zero attached hydrogens (tertiary/aromatic N) is 2. The first-order chi connectivity index (χ1) is 7.78. The normalized spacial score (nSPS) is 10.1. The third kappa shape index (κ3) is 2.48. The second kappa shape index (κ2) is 4.61. The van der Waals surface area contributed by atoms with Gasteiger partial charge in [0.05, 0.1) is 0 Å². The molecule has 0 aliphatic heterocycles. The van der Waals surface area contributed by atoms with E-state index in [1.165, 1.54) is 18.3 Å². The fraction of sp³-hybridized carbons (Fsp3) is 0.0833. The molecule has 0 radical (unpaired) electrons. The van der Waals surface area contributed by atoms with Crippen molar-refractivity contribution >= 4 is 6.29 Å². The van der Waals surface area contributed by atoms with Crippen LogP contribution in [0.2, 0.25) is 0 Å². The Kier molecular flexibility index (Phi) is 3.00. The zero-order valence-corrected chi connectivity index (χ0v) is 8.43. The van der Waals surface area contributed by atoms with Crippen LogP contribution in [0.15, 0.2) is 36.5 Å². The maximum Gasteiger partial charge on any atom is 0.168 e. The molecule has 1 aromatic heterocycles. The van der Waals surface area contributed by atoms with Crippen LogP contribution in [0.1, 0.15) is 21.9 Å². The number of aromatic nitrogens is 2. The van der Waals surface area contributed by atoms with E-state index in [9.17, 15) is 9.18 Å². The Morgan fingerprint density at radius 1 is 1.19 bits per heavy atom. The molecular formula is C12H9FN2O. The van der Waals surface area contributed by atoms with Gasteiger partial charge in [-0.05, 0) is 23.8 Å². The van der Waals surface area contributed by atoms with Crippen molar-refractivity contribution in [2.45, 2.75) is 6.42 Å². The van der Waals surface area contributed by atoms with Crippen molar-refractivity contribution in [1.29, 1.82) is 0 Å². The number of aldehydes is 1. The Labute approximate surface area is 92.0 Å². The van der Waals surface area contributed by atoms with Crippen LogP contribution in [0.4, 0.5) is 4.39 Å². The fourth-order valence-electron chi connectivity index (χ4n) is 1.35. The van der Waals surface area contributed by atoms with Gasteiger partial charge in [0.1, 0.15) is 17.3 Å². The Balaban J connectivity index is 2.20. The van der Waals surface area contributed by atoms with Gasteiger partial charge in [-0.1, -0.05) is 12.1 Å². The molecule has 0 saturated carbocycles. The molecule has 2 aromatic rings. The van der Waals surface area contributed by atoms with Crippen molar-refractivity contribution in [3.8, 4) is 0 Å². The quantitative estimate of drug-likeness (QED) is 0.737. The smallest absolute Gasteiger partial charge is 0.168 e. The predicted octanol–water partition coefficient (Wildman–Crippen LogP) is 2.02. The van der Waals surface area contributed by atoms with E-state index in [0.717, 1.165) is 5.56 Å². The molecule has 80 valence electrons. The first-order valence-electron chi connectivity index (χ1n) is 4.79. The van der Waals surface area contributed by atoms with E-state index in [1.54, 1.807) is 18.2 Å². The summed E-state index contributed by atoms with van der Waals surface area (Å²) >= 11 is 0. The molecule has 1 heterocycles. The maximum absolute atomic E-state index is 12.7. The van der Waals surface area contributed by atoms with Crippen molar-refractivity contribution in [3.05, 3.63) is 59.4 Å². The van der Waals surface area contributed by atoms with Gasteiger partial charge in [0.15, 0.2) is 6.29 Å². The SMILES string of the molecule is O=Cc1ccnc(Cc2ccc(F)cc2)n1. The van der Waals surface area contributed by atoms with Gasteiger partial charge in [-0.25, -0.2) is 14.4 Å². The lowest BCUT2D eigenvalue weighted by Gasteiger charge is -2.00. The molecule has 2 rings (SSSR count). The highest BCUT2D eigenvalue weighted by atomic mass is 19.1. The van der Waals surface area contributed by atoms with E-state index >= 15 is 0 Å². The standard InChI is InChI=1S/C12H9FN2O/c13-10-3-1-9(2-4-10)7-12-14-6-5-11(8-16)15-12/h1-6,8H,7H2. The van der Waals surface area contributed by atoms with Crippen LogP contribution in [0.25, 0.3) is 0 Å². The molecule has 1 aromatic carbocycles. The monoisotopic (exact) mass is 216 g/mol. The Bertz CT molecular complexity index is 497. The van der Waals surface area contributed by atoms with Crippen LogP contribution in [0.5, 0.6) is 0 Å². The number of rotatable bonds is 3. The van der Waals surface area contributed by atoms with Crippen molar-refractivity contribution in [2.24, 2.45) is 0 Å². The van der Waals surface area contributed by atoms with Crippen molar-refractivity contribution in [1.82, 2.24) is 9.97 Å². The average Bonchev–Trinajstić information content (AvgIpc) is 2.32. The van der Waals surface area contributed by atoms with Crippen LogP contribution < -0.4 is 0 Å². The summed E-state index contributed by atoms with van der Waals surface area (Å²) in [6.45, 7) is 0. The number of hydrogen-bond acceptors (Lipinski definition) is 3. The highest BCUT2D eigenvalue weighted by Gasteiger charge is 2.01. The van der Waals surface area contributed by atoms with Gasteiger partial charge in [-0.2, -0.15) is 0 Å². The first-order valence-corrected chi connectivity index (χ1v) is 4.79. The molecule has 0 spiro atoms. The van der Waals surface area contributed by atoms with Crippen LogP contribution in [-0.4, -0.2) is 16.3 Å². The van der Waals surface area contributed by atoms with Gasteiger partial charge in [0, 0.05) is 12.6 Å². The Hall–Kier alpha value is -2.10. The average molecular weight is 216 g/mol. The number of halogens is 1. The number of hydrogen-bond donors (Lipinski definition) is 0. The van der Waals surface area contributed by atoms with Gasteiger partial charge in [0.2, 0.25) is 0 Å². The van der Waals surface area contributed by atoms with E-state index in [4.69, 9.17) is 0 Å². The Morgan fingerprint density at radius 2 is 1.94 bits per heavy atom. The van der Waals surface area contributed by atoms with Crippen LogP contribution >= 0.6 is 0 Å². The van der Waals surface area contributed by atoms with E-state index in [2.05, 4.69) is 9.97 Å². The van der Waals surface area contributed by atoms with E-state index in [-0.39, 0.29) is 5.82 Å². The summed E-state index contributed by atoms with van der Waals surface area (Å²) < 4.78 is 12.7. The molecular weight excluding hydrogens is 207 g/mol. The minimum atomic E-state index is -0.272. The van der Waals surface area contributed by atoms with Crippen molar-refractivity contribution < 1.29 is 9.18 Å². The lowest BCUT2D eigenvalue weighted by molar-refractivity contribution is 0.111. The molecule has 0 N–H and O–H groups in total. The molecule has 0 aliphatic carbocycles. The van der Waals surface area contributed by atoms with Crippen LogP contribution in [0.3, 0.4) is 0 Å². The highest BCUT2D eigenvalue weighted by Crippen LogP contribution is 2.07. The third-order valence-corrected chi connectivity index (χ3v) is 2.12. The minimum absolute atomic E-state index is 0.272. The molecule has 0 amide bonds. The molecule has 0 bridgehead atoms. The van der Waals surface area contributed by atoms with Gasteiger partial charge < -0.3 is 0 Å². The maximum atomic E-state index is 12.7. The van der Waals surface area contributed by atoms with Gasteiger partial charge >= 0.3 is 0 Å². The van der Waals surface area contributed by atoms with Crippen LogP contribution in [0, 0.1) is 5.82 Å². The van der Waals surface area contributed by atoms with Gasteiger partial charge in [0.25, 0.3) is 0 Å². The number of carbonyl (C=O) groups excluding carboxylic acids is 1. The van der Waals surface area contributed by atoms with Crippen LogP contribution in [-0.2, 0) is 6.42 Å². The first kappa shape index (κ1) is 10.4. The van der Waals surface area contributed by atoms with Crippen molar-refractivity contribution in [2.75, 3.05) is 0 Å². The molecule has 0 unspecified atom stereocenters. The summed E-state index contributed by atoms with van der Waals surface area (Å²) in [6.07, 6.45) is 2.70. The van der Waals surface area contributed by atoms with Crippen molar-refractivity contribution in [3.63, 3.8) is 0 Å². The summed E-state index contributed by atoms with van der Waals surface area (Å²) in [4.78, 5) is 18.6. The fourth-order valence-corrected chi connectivity index (χ4v) is 1.35. The zero-order chi connectivity index (χ0) is 11.4.